The Bertz CT molecular complexity index is 3670. The van der Waals surface area contributed by atoms with Crippen molar-refractivity contribution >= 4 is 64.9 Å². The van der Waals surface area contributed by atoms with Crippen LogP contribution in [0.15, 0.2) is 237 Å². The standard InChI is InChI=1S/C74H78N8O13S2/c75-57(40-49-36-38-56(83)39-37-49)67(89)81-60(46-96-73(50-24-10-2-11-25-50,51-26-12-3-13-27-51)52-28-14-4-15-29-52)69(91)78-43-64(86)79-58(41-48-22-8-1-9-23-48)70(92)82-61(71(93)80-59(68(90)77-42-63(76)85)44-94-72-66(88)65(87)62(84)45-95-72)47-97-74(53-30-16-5-17-31-53,54-32-18-6-19-33-54)55-34-20-7-21-35-55/h1-39,57-62,65-66,72,83-84,87-88H,40-47,75H2,(H2,76,85)(H,77,90)(H,78,91)(H,79,86)(H,80,93)(H,81,89)(H,82,92)/t57-,58-,59-,60+,61+,62+,65-,66+,72+/m0/s1. The summed E-state index contributed by atoms with van der Waals surface area (Å²) in [6.07, 6.45) is -6.62. The molecule has 1 saturated heterocycles. The van der Waals surface area contributed by atoms with Crippen LogP contribution in [0, 0.1) is 0 Å². The monoisotopic (exact) mass is 1350 g/mol. The van der Waals surface area contributed by atoms with E-state index in [1.54, 1.807) is 42.5 Å². The summed E-state index contributed by atoms with van der Waals surface area (Å²) in [6.45, 7) is -2.56. The number of phenolic OH excluding ortho intramolecular Hbond substituents is 1. The first-order valence-corrected chi connectivity index (χ1v) is 33.4. The lowest BCUT2D eigenvalue weighted by Gasteiger charge is -2.37. The molecule has 0 unspecified atom stereocenters. The van der Waals surface area contributed by atoms with Gasteiger partial charge in [-0.3, -0.25) is 33.6 Å². The zero-order valence-corrected chi connectivity index (χ0v) is 54.4. The molecule has 8 aromatic carbocycles. The maximum Gasteiger partial charge on any atom is 0.245 e. The number of thioether (sulfide) groups is 2. The number of hydrogen-bond donors (Lipinski definition) is 12. The number of carbonyl (C=O) groups is 7. The molecule has 97 heavy (non-hydrogen) atoms. The number of nitrogens with two attached hydrogens (primary N) is 2. The summed E-state index contributed by atoms with van der Waals surface area (Å²) in [7, 11) is 0. The Morgan fingerprint density at radius 1 is 0.454 bits per heavy atom. The van der Waals surface area contributed by atoms with Crippen molar-refractivity contribution in [3.05, 3.63) is 281 Å². The number of aliphatic hydroxyl groups is 3. The number of ether oxygens (including phenoxy) is 2. The van der Waals surface area contributed by atoms with Gasteiger partial charge in [-0.1, -0.05) is 224 Å². The first kappa shape index (κ1) is 71.6. The highest BCUT2D eigenvalue weighted by Gasteiger charge is 2.43. The van der Waals surface area contributed by atoms with Gasteiger partial charge in [-0.05, 0) is 63.1 Å². The van der Waals surface area contributed by atoms with E-state index in [1.807, 2.05) is 182 Å². The third kappa shape index (κ3) is 18.9. The Balaban J connectivity index is 1.02. The van der Waals surface area contributed by atoms with E-state index in [9.17, 15) is 44.4 Å². The lowest BCUT2D eigenvalue weighted by Crippen LogP contribution is -2.60. The van der Waals surface area contributed by atoms with E-state index >= 15 is 9.59 Å². The van der Waals surface area contributed by atoms with Gasteiger partial charge in [0.15, 0.2) is 6.29 Å². The number of nitrogens with one attached hydrogen (secondary N) is 6. The van der Waals surface area contributed by atoms with Crippen LogP contribution in [0.1, 0.15) is 44.5 Å². The Hall–Kier alpha value is -9.69. The van der Waals surface area contributed by atoms with Crippen molar-refractivity contribution in [2.45, 2.75) is 77.1 Å². The zero-order valence-electron chi connectivity index (χ0n) is 52.8. The van der Waals surface area contributed by atoms with E-state index in [1.165, 1.54) is 35.7 Å². The summed E-state index contributed by atoms with van der Waals surface area (Å²) in [5.41, 5.74) is 18.2. The van der Waals surface area contributed by atoms with Crippen LogP contribution in [0.2, 0.25) is 0 Å². The molecule has 9 rings (SSSR count). The van der Waals surface area contributed by atoms with E-state index < -0.39 is 132 Å². The van der Waals surface area contributed by atoms with Crippen molar-refractivity contribution < 1.29 is 63.5 Å². The van der Waals surface area contributed by atoms with Gasteiger partial charge in [-0.15, -0.1) is 23.5 Å². The number of aromatic hydroxyl groups is 1. The van der Waals surface area contributed by atoms with Crippen LogP contribution in [0.3, 0.4) is 0 Å². The summed E-state index contributed by atoms with van der Waals surface area (Å²) in [6, 6.07) is 65.5. The highest BCUT2D eigenvalue weighted by Crippen LogP contribution is 2.50. The molecule has 9 atom stereocenters. The third-order valence-corrected chi connectivity index (χ3v) is 19.6. The minimum absolute atomic E-state index is 0.0278. The molecular weight excluding hydrogens is 1270 g/mol. The van der Waals surface area contributed by atoms with Crippen molar-refractivity contribution in [1.82, 2.24) is 31.9 Å². The predicted octanol–water partition coefficient (Wildman–Crippen LogP) is 4.07. The second kappa shape index (κ2) is 34.8. The lowest BCUT2D eigenvalue weighted by molar-refractivity contribution is -0.270. The molecule has 23 heteroatoms. The minimum Gasteiger partial charge on any atom is -0.508 e. The fraction of sp³-hybridized carbons (Fsp3) is 0.257. The third-order valence-electron chi connectivity index (χ3n) is 16.3. The highest BCUT2D eigenvalue weighted by atomic mass is 32.2. The van der Waals surface area contributed by atoms with Gasteiger partial charge in [0.25, 0.3) is 0 Å². The summed E-state index contributed by atoms with van der Waals surface area (Å²) in [4.78, 5) is 100. The number of aliphatic hydroxyl groups excluding tert-OH is 3. The Morgan fingerprint density at radius 2 is 0.825 bits per heavy atom. The molecule has 1 fully saturated rings. The molecule has 1 aliphatic heterocycles. The molecule has 504 valence electrons. The number of hydrogen-bond acceptors (Lipinski definition) is 16. The largest absolute Gasteiger partial charge is 0.508 e. The normalized spacial score (nSPS) is 16.9. The van der Waals surface area contributed by atoms with Crippen molar-refractivity contribution in [3.63, 3.8) is 0 Å². The highest BCUT2D eigenvalue weighted by molar-refractivity contribution is 8.01. The molecule has 0 spiro atoms. The van der Waals surface area contributed by atoms with Gasteiger partial charge >= 0.3 is 0 Å². The van der Waals surface area contributed by atoms with Crippen LogP contribution in [0.4, 0.5) is 0 Å². The van der Waals surface area contributed by atoms with Crippen molar-refractivity contribution in [3.8, 4) is 5.75 Å². The molecule has 0 bridgehead atoms. The van der Waals surface area contributed by atoms with Crippen LogP contribution in [0.5, 0.6) is 5.75 Å². The van der Waals surface area contributed by atoms with Gasteiger partial charge in [0.05, 0.1) is 41.8 Å². The maximum atomic E-state index is 15.3. The molecule has 8 aromatic rings. The Kier molecular flexibility index (Phi) is 25.7. The van der Waals surface area contributed by atoms with Crippen LogP contribution in [0.25, 0.3) is 0 Å². The fourth-order valence-corrected chi connectivity index (χ4v) is 14.4. The van der Waals surface area contributed by atoms with E-state index in [0.717, 1.165) is 33.4 Å². The van der Waals surface area contributed by atoms with Gasteiger partial charge in [0, 0.05) is 17.9 Å². The minimum atomic E-state index is -1.79. The molecule has 0 radical (unpaired) electrons. The second-order valence-electron chi connectivity index (χ2n) is 23.1. The number of benzene rings is 8. The first-order chi connectivity index (χ1) is 46.9. The van der Waals surface area contributed by atoms with Gasteiger partial charge < -0.3 is 73.3 Å². The van der Waals surface area contributed by atoms with E-state index in [2.05, 4.69) is 31.9 Å². The van der Waals surface area contributed by atoms with Crippen molar-refractivity contribution in [2.75, 3.05) is 37.8 Å². The number of amides is 7. The Labute approximate surface area is 570 Å². The number of rotatable bonds is 32. The molecule has 1 heterocycles. The fourth-order valence-electron chi connectivity index (χ4n) is 11.3. The van der Waals surface area contributed by atoms with Crippen molar-refractivity contribution in [2.24, 2.45) is 11.5 Å². The average Bonchev–Trinajstić information content (AvgIpc) is 0.765. The molecule has 21 nitrogen and oxygen atoms in total. The smallest absolute Gasteiger partial charge is 0.245 e. The van der Waals surface area contributed by atoms with Crippen molar-refractivity contribution in [1.29, 1.82) is 0 Å². The number of carbonyl (C=O) groups excluding carboxylic acids is 7. The molecule has 0 aromatic heterocycles. The second-order valence-corrected chi connectivity index (χ2v) is 25.6. The molecular formula is C74H78N8O13S2. The van der Waals surface area contributed by atoms with Gasteiger partial charge in [-0.25, -0.2) is 0 Å². The quantitative estimate of drug-likeness (QED) is 0.0265. The summed E-state index contributed by atoms with van der Waals surface area (Å²) in [5.74, 6) is -6.24. The van der Waals surface area contributed by atoms with Gasteiger partial charge in [0.2, 0.25) is 41.4 Å². The molecule has 0 aliphatic carbocycles. The number of phenols is 1. The van der Waals surface area contributed by atoms with Gasteiger partial charge in [0.1, 0.15) is 48.2 Å². The van der Waals surface area contributed by atoms with Crippen LogP contribution in [-0.2, 0) is 65.4 Å². The van der Waals surface area contributed by atoms with E-state index in [-0.39, 0.29) is 30.1 Å². The summed E-state index contributed by atoms with van der Waals surface area (Å²) in [5, 5.41) is 57.5. The zero-order chi connectivity index (χ0) is 68.7. The average molecular weight is 1350 g/mol. The summed E-state index contributed by atoms with van der Waals surface area (Å²) >= 11 is 2.68. The van der Waals surface area contributed by atoms with Gasteiger partial charge in [-0.2, -0.15) is 0 Å². The molecule has 1 aliphatic rings. The molecule has 0 saturated carbocycles. The molecule has 14 N–H and O–H groups in total. The van der Waals surface area contributed by atoms with Crippen LogP contribution < -0.4 is 43.4 Å². The van der Waals surface area contributed by atoms with E-state index in [0.29, 0.717) is 11.1 Å². The Morgan fingerprint density at radius 3 is 1.27 bits per heavy atom. The SMILES string of the molecule is NC(=O)CNC(=O)[C@H](CO[C@@H]1OC[C@@H](O)[C@H](O)[C@H]1O)NC(=O)[C@@H](CSC(c1ccccc1)(c1ccccc1)c1ccccc1)NC(=O)[C@H](Cc1ccccc1)NC(=O)CNC(=O)[C@@H](CSC(c1ccccc1)(c1ccccc1)c1ccccc1)NC(=O)[C@@H](N)Cc1ccc(O)cc1. The topological polar surface area (TPSA) is 343 Å². The maximum absolute atomic E-state index is 15.3. The predicted molar refractivity (Wildman–Crippen MR) is 370 cm³/mol. The number of primary amides is 1. The van der Waals surface area contributed by atoms with Crippen LogP contribution >= 0.6 is 23.5 Å². The lowest BCUT2D eigenvalue weighted by atomic mass is 9.84. The summed E-state index contributed by atoms with van der Waals surface area (Å²) < 4.78 is 9.15. The van der Waals surface area contributed by atoms with E-state index in [4.69, 9.17) is 20.9 Å². The molecule has 7 amide bonds. The van der Waals surface area contributed by atoms with Crippen LogP contribution in [-0.4, -0.2) is 154 Å². The first-order valence-electron chi connectivity index (χ1n) is 31.4.